The zero-order chi connectivity index (χ0) is 25.1. The van der Waals surface area contributed by atoms with Gasteiger partial charge in [-0.1, -0.05) is 23.4 Å². The number of nitrogens with one attached hydrogen (secondary N) is 1. The van der Waals surface area contributed by atoms with E-state index >= 15 is 0 Å². The number of amides is 1. The number of carbonyl (C=O) groups excluding carboxylic acids is 2. The number of anilines is 1. The average Bonchev–Trinajstić information content (AvgIpc) is 3.38. The molecule has 8 nitrogen and oxygen atoms in total. The van der Waals surface area contributed by atoms with Gasteiger partial charge >= 0.3 is 5.97 Å². The first kappa shape index (κ1) is 25.5. The number of rotatable bonds is 8. The third-order valence-electron chi connectivity index (χ3n) is 5.82. The van der Waals surface area contributed by atoms with Crippen LogP contribution in [0.3, 0.4) is 0 Å². The summed E-state index contributed by atoms with van der Waals surface area (Å²) in [6.07, 6.45) is 3.52. The van der Waals surface area contributed by atoms with E-state index in [9.17, 15) is 9.59 Å². The quantitative estimate of drug-likeness (QED) is 0.306. The molecule has 0 saturated heterocycles. The molecule has 1 aromatic carbocycles. The van der Waals surface area contributed by atoms with Gasteiger partial charge in [0.25, 0.3) is 0 Å². The van der Waals surface area contributed by atoms with Gasteiger partial charge in [0, 0.05) is 16.9 Å². The standard InChI is InChI=1S/C24H27ClN4O4S2/c1-13-11-15(25)9-10-17(13)33-14(2)21-27-28-24(29(21)3)34-12-19(30)26-22-20(23(31)32-4)16-7-5-6-8-18(16)35-22/h9-11,14H,5-8,12H2,1-4H3,(H,26,30). The molecule has 1 aliphatic rings. The average molecular weight is 535 g/mol. The molecule has 0 bridgehead atoms. The fraction of sp³-hybridized carbons (Fsp3) is 0.417. The summed E-state index contributed by atoms with van der Waals surface area (Å²) in [6.45, 7) is 3.83. The van der Waals surface area contributed by atoms with Crippen molar-refractivity contribution in [3.05, 3.63) is 50.6 Å². The molecule has 1 amide bonds. The van der Waals surface area contributed by atoms with E-state index in [0.717, 1.165) is 47.4 Å². The highest BCUT2D eigenvalue weighted by molar-refractivity contribution is 7.99. The molecule has 1 unspecified atom stereocenters. The molecule has 2 aromatic heterocycles. The fourth-order valence-corrected chi connectivity index (χ4v) is 6.30. The number of hydrogen-bond acceptors (Lipinski definition) is 8. The summed E-state index contributed by atoms with van der Waals surface area (Å²) in [7, 11) is 3.20. The number of halogens is 1. The van der Waals surface area contributed by atoms with E-state index in [4.69, 9.17) is 21.1 Å². The van der Waals surface area contributed by atoms with Gasteiger partial charge in [0.1, 0.15) is 10.8 Å². The molecule has 1 aliphatic carbocycles. The van der Waals surface area contributed by atoms with Crippen LogP contribution in [-0.4, -0.2) is 39.5 Å². The number of hydrogen-bond donors (Lipinski definition) is 1. The molecular weight excluding hydrogens is 508 g/mol. The van der Waals surface area contributed by atoms with E-state index < -0.39 is 5.97 Å². The molecular formula is C24H27ClN4O4S2. The number of benzene rings is 1. The predicted octanol–water partition coefficient (Wildman–Crippen LogP) is 5.37. The van der Waals surface area contributed by atoms with Crippen molar-refractivity contribution in [2.45, 2.75) is 50.8 Å². The lowest BCUT2D eigenvalue weighted by Gasteiger charge is -2.16. The first-order valence-electron chi connectivity index (χ1n) is 11.3. The topological polar surface area (TPSA) is 95.3 Å². The van der Waals surface area contributed by atoms with Crippen LogP contribution in [0.5, 0.6) is 5.75 Å². The third kappa shape index (κ3) is 5.65. The van der Waals surface area contributed by atoms with E-state index in [1.54, 1.807) is 6.07 Å². The lowest BCUT2D eigenvalue weighted by molar-refractivity contribution is -0.113. The number of thiophene rings is 1. The number of esters is 1. The van der Waals surface area contributed by atoms with Crippen LogP contribution in [0.15, 0.2) is 23.4 Å². The van der Waals surface area contributed by atoms with E-state index in [1.165, 1.54) is 30.2 Å². The lowest BCUT2D eigenvalue weighted by atomic mass is 9.95. The van der Waals surface area contributed by atoms with Gasteiger partial charge in [-0.3, -0.25) is 4.79 Å². The molecule has 0 radical (unpaired) electrons. The van der Waals surface area contributed by atoms with Crippen molar-refractivity contribution >= 4 is 51.6 Å². The van der Waals surface area contributed by atoms with Gasteiger partial charge in [0.05, 0.1) is 18.4 Å². The second-order valence-corrected chi connectivity index (χ2v) is 10.8. The van der Waals surface area contributed by atoms with Gasteiger partial charge in [-0.05, 0) is 68.9 Å². The van der Waals surface area contributed by atoms with Gasteiger partial charge in [-0.25, -0.2) is 4.79 Å². The van der Waals surface area contributed by atoms with Crippen LogP contribution in [0.1, 0.15) is 58.1 Å². The van der Waals surface area contributed by atoms with E-state index in [0.29, 0.717) is 26.6 Å². The number of carbonyl (C=O) groups is 2. The summed E-state index contributed by atoms with van der Waals surface area (Å²) in [4.78, 5) is 26.3. The van der Waals surface area contributed by atoms with Crippen LogP contribution in [0, 0.1) is 6.92 Å². The summed E-state index contributed by atoms with van der Waals surface area (Å²) < 4.78 is 12.9. The van der Waals surface area contributed by atoms with Crippen LogP contribution >= 0.6 is 34.7 Å². The first-order valence-corrected chi connectivity index (χ1v) is 13.4. The second-order valence-electron chi connectivity index (χ2n) is 8.31. The van der Waals surface area contributed by atoms with Crippen molar-refractivity contribution in [1.29, 1.82) is 0 Å². The van der Waals surface area contributed by atoms with Gasteiger partial charge < -0.3 is 19.4 Å². The van der Waals surface area contributed by atoms with Crippen molar-refractivity contribution in [1.82, 2.24) is 14.8 Å². The fourth-order valence-electron chi connectivity index (χ4n) is 4.06. The van der Waals surface area contributed by atoms with Gasteiger partial charge in [-0.15, -0.1) is 21.5 Å². The van der Waals surface area contributed by atoms with Crippen molar-refractivity contribution in [2.75, 3.05) is 18.2 Å². The number of nitrogens with zero attached hydrogens (tertiary/aromatic N) is 3. The number of aryl methyl sites for hydroxylation is 2. The largest absolute Gasteiger partial charge is 0.482 e. The lowest BCUT2D eigenvalue weighted by Crippen LogP contribution is -2.17. The second kappa shape index (κ2) is 11.0. The minimum Gasteiger partial charge on any atom is -0.482 e. The first-order chi connectivity index (χ1) is 16.8. The molecule has 1 N–H and O–H groups in total. The Morgan fingerprint density at radius 1 is 1.29 bits per heavy atom. The summed E-state index contributed by atoms with van der Waals surface area (Å²) >= 11 is 8.77. The highest BCUT2D eigenvalue weighted by Gasteiger charge is 2.27. The Morgan fingerprint density at radius 2 is 2.06 bits per heavy atom. The van der Waals surface area contributed by atoms with Crippen molar-refractivity contribution in [3.63, 3.8) is 0 Å². The Kier molecular flexibility index (Phi) is 8.03. The Balaban J connectivity index is 1.40. The number of aromatic nitrogens is 3. The Labute approximate surface area is 217 Å². The highest BCUT2D eigenvalue weighted by atomic mass is 35.5. The normalized spacial score (nSPS) is 13.7. The monoisotopic (exact) mass is 534 g/mol. The SMILES string of the molecule is COC(=O)c1c(NC(=O)CSc2nnc(C(C)Oc3ccc(Cl)cc3C)n2C)sc2c1CCCC2. The zero-order valence-corrected chi connectivity index (χ0v) is 22.4. The highest BCUT2D eigenvalue weighted by Crippen LogP contribution is 2.38. The van der Waals surface area contributed by atoms with Crippen molar-refractivity contribution < 1.29 is 19.1 Å². The molecule has 1 atom stereocenters. The van der Waals surface area contributed by atoms with Crippen LogP contribution in [-0.2, 0) is 29.4 Å². The van der Waals surface area contributed by atoms with Crippen LogP contribution in [0.2, 0.25) is 5.02 Å². The smallest absolute Gasteiger partial charge is 0.341 e. The van der Waals surface area contributed by atoms with Crippen LogP contribution in [0.25, 0.3) is 0 Å². The molecule has 0 saturated carbocycles. The number of fused-ring (bicyclic) bond motifs is 1. The summed E-state index contributed by atoms with van der Waals surface area (Å²) in [6, 6.07) is 5.45. The maximum absolute atomic E-state index is 12.7. The Hall–Kier alpha value is -2.56. The van der Waals surface area contributed by atoms with Crippen molar-refractivity contribution in [3.8, 4) is 5.75 Å². The molecule has 3 aromatic rings. The molecule has 186 valence electrons. The molecule has 0 spiro atoms. The van der Waals surface area contributed by atoms with Gasteiger partial charge in [0.2, 0.25) is 5.91 Å². The summed E-state index contributed by atoms with van der Waals surface area (Å²) in [5.74, 6) is 0.861. The summed E-state index contributed by atoms with van der Waals surface area (Å²) in [5, 5.41) is 13.2. The van der Waals surface area contributed by atoms with E-state index in [-0.39, 0.29) is 17.8 Å². The predicted molar refractivity (Wildman–Crippen MR) is 138 cm³/mol. The molecule has 0 aliphatic heterocycles. The number of thioether (sulfide) groups is 1. The van der Waals surface area contributed by atoms with E-state index in [2.05, 4.69) is 15.5 Å². The van der Waals surface area contributed by atoms with Gasteiger partial charge in [0.15, 0.2) is 17.1 Å². The molecule has 0 fully saturated rings. The summed E-state index contributed by atoms with van der Waals surface area (Å²) in [5.41, 5.74) is 2.44. The van der Waals surface area contributed by atoms with Crippen LogP contribution < -0.4 is 10.1 Å². The van der Waals surface area contributed by atoms with E-state index in [1.807, 2.05) is 37.6 Å². The Morgan fingerprint density at radius 3 is 2.80 bits per heavy atom. The molecule has 11 heteroatoms. The molecule has 2 heterocycles. The van der Waals surface area contributed by atoms with Crippen molar-refractivity contribution in [2.24, 2.45) is 7.05 Å². The molecule has 4 rings (SSSR count). The third-order valence-corrected chi connectivity index (χ3v) is 8.28. The molecule has 35 heavy (non-hydrogen) atoms. The Bertz CT molecular complexity index is 1260. The number of methoxy groups -OCH3 is 1. The maximum Gasteiger partial charge on any atom is 0.341 e. The maximum atomic E-state index is 12.7. The van der Waals surface area contributed by atoms with Gasteiger partial charge in [-0.2, -0.15) is 0 Å². The zero-order valence-electron chi connectivity index (χ0n) is 20.0. The minimum atomic E-state index is -0.407. The minimum absolute atomic E-state index is 0.126. The van der Waals surface area contributed by atoms with Crippen LogP contribution in [0.4, 0.5) is 5.00 Å². The number of ether oxygens (including phenoxy) is 2.